The summed E-state index contributed by atoms with van der Waals surface area (Å²) < 4.78 is 1.66. The molecule has 3 rings (SSSR count). The van der Waals surface area contributed by atoms with Gasteiger partial charge in [0.15, 0.2) is 5.65 Å². The minimum atomic E-state index is -0.137. The van der Waals surface area contributed by atoms with Gasteiger partial charge in [-0.25, -0.2) is 4.98 Å². The molecule has 1 aromatic carbocycles. The summed E-state index contributed by atoms with van der Waals surface area (Å²) in [6, 6.07) is 11.1. The molecule has 0 bridgehead atoms. The molecule has 3 aromatic rings. The third-order valence-electron chi connectivity index (χ3n) is 3.65. The highest BCUT2D eigenvalue weighted by Crippen LogP contribution is 2.26. The quantitative estimate of drug-likeness (QED) is 0.693. The van der Waals surface area contributed by atoms with Crippen LogP contribution in [0.5, 0.6) is 0 Å². The van der Waals surface area contributed by atoms with Crippen LogP contribution in [0, 0.1) is 6.92 Å². The number of anilines is 1. The van der Waals surface area contributed by atoms with Gasteiger partial charge >= 0.3 is 0 Å². The first-order valence-electron chi connectivity index (χ1n) is 7.23. The number of para-hydroxylation sites is 1. The Morgan fingerprint density at radius 2 is 1.96 bits per heavy atom. The van der Waals surface area contributed by atoms with Crippen molar-refractivity contribution in [2.75, 3.05) is 11.4 Å². The molecular formula is C17H15Cl2N3O. The summed E-state index contributed by atoms with van der Waals surface area (Å²) >= 11 is 12.3. The van der Waals surface area contributed by atoms with Gasteiger partial charge in [-0.2, -0.15) is 0 Å². The normalized spacial score (nSPS) is 11.0. The topological polar surface area (TPSA) is 37.6 Å². The Balaban J connectivity index is 2.16. The number of hydrogen-bond donors (Lipinski definition) is 0. The largest absolute Gasteiger partial charge is 0.307 e. The van der Waals surface area contributed by atoms with Crippen molar-refractivity contribution in [3.63, 3.8) is 0 Å². The van der Waals surface area contributed by atoms with E-state index in [1.165, 1.54) is 0 Å². The van der Waals surface area contributed by atoms with Crippen molar-refractivity contribution in [1.82, 2.24) is 9.38 Å². The second kappa shape index (κ2) is 6.22. The van der Waals surface area contributed by atoms with Crippen LogP contribution in [0.15, 0.2) is 42.6 Å². The van der Waals surface area contributed by atoms with Crippen molar-refractivity contribution in [3.05, 3.63) is 64.0 Å². The molecule has 0 aliphatic carbocycles. The number of hydrogen-bond acceptors (Lipinski definition) is 2. The minimum absolute atomic E-state index is 0.137. The lowest BCUT2D eigenvalue weighted by molar-refractivity contribution is 0.0982. The number of aromatic nitrogens is 2. The van der Waals surface area contributed by atoms with E-state index < -0.39 is 0 Å². The van der Waals surface area contributed by atoms with E-state index in [1.807, 2.05) is 37.3 Å². The number of halogens is 2. The van der Waals surface area contributed by atoms with Crippen molar-refractivity contribution < 1.29 is 4.79 Å². The van der Waals surface area contributed by atoms with Crippen molar-refractivity contribution in [2.45, 2.75) is 13.8 Å². The first-order chi connectivity index (χ1) is 11.0. The lowest BCUT2D eigenvalue weighted by Crippen LogP contribution is -2.32. The Hall–Kier alpha value is -2.04. The van der Waals surface area contributed by atoms with Gasteiger partial charge in [-0.1, -0.05) is 41.4 Å². The highest BCUT2D eigenvalue weighted by molar-refractivity contribution is 6.36. The third-order valence-corrected chi connectivity index (χ3v) is 4.13. The number of fused-ring (bicyclic) bond motifs is 1. The first kappa shape index (κ1) is 15.8. The SMILES string of the molecule is CCN(C(=O)c1c(C)nc2c(Cl)cc(Cl)cn12)c1ccccc1. The van der Waals surface area contributed by atoms with E-state index in [9.17, 15) is 4.79 Å². The minimum Gasteiger partial charge on any atom is -0.307 e. The average Bonchev–Trinajstić information content (AvgIpc) is 2.85. The molecule has 0 fully saturated rings. The molecule has 0 spiro atoms. The van der Waals surface area contributed by atoms with Gasteiger partial charge < -0.3 is 4.90 Å². The van der Waals surface area contributed by atoms with Crippen molar-refractivity contribution in [3.8, 4) is 0 Å². The molecule has 0 radical (unpaired) electrons. The molecule has 118 valence electrons. The number of aryl methyl sites for hydroxylation is 1. The molecule has 0 atom stereocenters. The zero-order valence-electron chi connectivity index (χ0n) is 12.8. The van der Waals surface area contributed by atoms with Crippen LogP contribution < -0.4 is 4.90 Å². The van der Waals surface area contributed by atoms with E-state index in [2.05, 4.69) is 4.98 Å². The first-order valence-corrected chi connectivity index (χ1v) is 7.99. The number of carbonyl (C=O) groups is 1. The fourth-order valence-electron chi connectivity index (χ4n) is 2.62. The molecular weight excluding hydrogens is 333 g/mol. The molecule has 0 N–H and O–H groups in total. The Morgan fingerprint density at radius 3 is 2.61 bits per heavy atom. The van der Waals surface area contributed by atoms with E-state index in [0.29, 0.717) is 33.6 Å². The summed E-state index contributed by atoms with van der Waals surface area (Å²) in [5, 5.41) is 0.874. The number of rotatable bonds is 3. The van der Waals surface area contributed by atoms with Gasteiger partial charge in [0, 0.05) is 18.4 Å². The van der Waals surface area contributed by atoms with E-state index in [4.69, 9.17) is 23.2 Å². The summed E-state index contributed by atoms with van der Waals surface area (Å²) in [6.45, 7) is 4.27. The number of imidazole rings is 1. The summed E-state index contributed by atoms with van der Waals surface area (Å²) in [5.74, 6) is -0.137. The van der Waals surface area contributed by atoms with Crippen LogP contribution >= 0.6 is 23.2 Å². The van der Waals surface area contributed by atoms with Gasteiger partial charge in [-0.15, -0.1) is 0 Å². The molecule has 1 amide bonds. The molecule has 0 aliphatic rings. The second-order valence-corrected chi connectivity index (χ2v) is 5.97. The lowest BCUT2D eigenvalue weighted by atomic mass is 10.2. The molecule has 0 saturated heterocycles. The fraction of sp³-hybridized carbons (Fsp3) is 0.176. The lowest BCUT2D eigenvalue weighted by Gasteiger charge is -2.21. The van der Waals surface area contributed by atoms with Crippen LogP contribution in [0.25, 0.3) is 5.65 Å². The van der Waals surface area contributed by atoms with E-state index in [0.717, 1.165) is 5.69 Å². The van der Waals surface area contributed by atoms with Gasteiger partial charge in [0.25, 0.3) is 5.91 Å². The Morgan fingerprint density at radius 1 is 1.26 bits per heavy atom. The van der Waals surface area contributed by atoms with Crippen molar-refractivity contribution in [1.29, 1.82) is 0 Å². The molecule has 4 nitrogen and oxygen atoms in total. The number of benzene rings is 1. The van der Waals surface area contributed by atoms with Crippen LogP contribution in [0.3, 0.4) is 0 Å². The zero-order valence-corrected chi connectivity index (χ0v) is 14.3. The monoisotopic (exact) mass is 347 g/mol. The summed E-state index contributed by atoms with van der Waals surface area (Å²) in [6.07, 6.45) is 1.66. The van der Waals surface area contributed by atoms with Gasteiger partial charge in [-0.05, 0) is 32.0 Å². The molecule has 0 saturated carbocycles. The number of carbonyl (C=O) groups excluding carboxylic acids is 1. The molecule has 2 heterocycles. The predicted octanol–water partition coefficient (Wildman–Crippen LogP) is 4.62. The predicted molar refractivity (Wildman–Crippen MR) is 93.7 cm³/mol. The Labute approximate surface area is 144 Å². The molecule has 6 heteroatoms. The zero-order chi connectivity index (χ0) is 16.6. The van der Waals surface area contributed by atoms with Crippen LogP contribution in [-0.4, -0.2) is 21.8 Å². The second-order valence-electron chi connectivity index (χ2n) is 5.13. The molecule has 0 unspecified atom stereocenters. The van der Waals surface area contributed by atoms with Crippen molar-refractivity contribution >= 4 is 40.4 Å². The maximum Gasteiger partial charge on any atom is 0.277 e. The highest BCUT2D eigenvalue weighted by atomic mass is 35.5. The van der Waals surface area contributed by atoms with E-state index in [-0.39, 0.29) is 5.91 Å². The van der Waals surface area contributed by atoms with E-state index in [1.54, 1.807) is 28.5 Å². The van der Waals surface area contributed by atoms with Gasteiger partial charge in [0.1, 0.15) is 5.69 Å². The standard InChI is InChI=1S/C17H15Cl2N3O/c1-3-21(13-7-5-4-6-8-13)17(23)15-11(2)20-16-14(19)9-12(18)10-22(15)16/h4-10H,3H2,1-2H3. The number of nitrogens with zero attached hydrogens (tertiary/aromatic N) is 3. The number of amides is 1. The highest BCUT2D eigenvalue weighted by Gasteiger charge is 2.23. The fourth-order valence-corrected chi connectivity index (χ4v) is 3.14. The molecule has 0 aliphatic heterocycles. The van der Waals surface area contributed by atoms with Gasteiger partial charge in [0.2, 0.25) is 0 Å². The summed E-state index contributed by atoms with van der Waals surface area (Å²) in [4.78, 5) is 19.2. The van der Waals surface area contributed by atoms with Crippen molar-refractivity contribution in [2.24, 2.45) is 0 Å². The van der Waals surface area contributed by atoms with Gasteiger partial charge in [0.05, 0.1) is 15.7 Å². The maximum atomic E-state index is 13.1. The maximum absolute atomic E-state index is 13.1. The van der Waals surface area contributed by atoms with Crippen LogP contribution in [0.2, 0.25) is 10.0 Å². The summed E-state index contributed by atoms with van der Waals surface area (Å²) in [5.41, 5.74) is 2.45. The van der Waals surface area contributed by atoms with Crippen LogP contribution in [-0.2, 0) is 0 Å². The third kappa shape index (κ3) is 2.80. The van der Waals surface area contributed by atoms with E-state index >= 15 is 0 Å². The number of pyridine rings is 1. The Bertz CT molecular complexity index is 874. The average molecular weight is 348 g/mol. The summed E-state index contributed by atoms with van der Waals surface area (Å²) in [7, 11) is 0. The molecule has 2 aromatic heterocycles. The van der Waals surface area contributed by atoms with Gasteiger partial charge in [-0.3, -0.25) is 9.20 Å². The Kier molecular flexibility index (Phi) is 4.28. The van der Waals surface area contributed by atoms with Crippen LogP contribution in [0.1, 0.15) is 23.1 Å². The van der Waals surface area contributed by atoms with Crippen LogP contribution in [0.4, 0.5) is 5.69 Å². The molecule has 23 heavy (non-hydrogen) atoms. The smallest absolute Gasteiger partial charge is 0.277 e.